The highest BCUT2D eigenvalue weighted by Gasteiger charge is 2.41. The highest BCUT2D eigenvalue weighted by Crippen LogP contribution is 2.41. The van der Waals surface area contributed by atoms with E-state index >= 15 is 0 Å². The second-order valence-electron chi connectivity index (χ2n) is 6.33. The zero-order valence-corrected chi connectivity index (χ0v) is 13.4. The normalized spacial score (nSPS) is 19.3. The van der Waals surface area contributed by atoms with Gasteiger partial charge in [0, 0.05) is 4.88 Å². The van der Waals surface area contributed by atoms with Crippen LogP contribution in [0.3, 0.4) is 0 Å². The van der Waals surface area contributed by atoms with Crippen molar-refractivity contribution in [1.82, 2.24) is 10.3 Å². The summed E-state index contributed by atoms with van der Waals surface area (Å²) in [7, 11) is 0. The molecule has 0 bridgehead atoms. The van der Waals surface area contributed by atoms with Crippen molar-refractivity contribution in [3.63, 3.8) is 0 Å². The Morgan fingerprint density at radius 1 is 1.14 bits per heavy atom. The van der Waals surface area contributed by atoms with Crippen LogP contribution in [0.25, 0.3) is 0 Å². The predicted octanol–water partition coefficient (Wildman–Crippen LogP) is 3.63. The smallest absolute Gasteiger partial charge is 0.114 e. The molecule has 21 heavy (non-hydrogen) atoms. The van der Waals surface area contributed by atoms with Gasteiger partial charge in [-0.05, 0) is 56.2 Å². The minimum atomic E-state index is 0.0421. The molecule has 0 fully saturated rings. The molecular weight excluding hydrogens is 276 g/mol. The van der Waals surface area contributed by atoms with E-state index in [1.54, 1.807) is 4.88 Å². The van der Waals surface area contributed by atoms with E-state index in [4.69, 9.17) is 4.98 Å². The number of likely N-dealkylation sites (N-methyl/N-ethyl adjacent to an activating group) is 1. The first-order valence-electron chi connectivity index (χ1n) is 8.11. The summed E-state index contributed by atoms with van der Waals surface area (Å²) in [5, 5.41) is 5.10. The quantitative estimate of drug-likeness (QED) is 0.936. The average Bonchev–Trinajstić information content (AvgIpc) is 3.09. The number of aromatic nitrogens is 1. The maximum atomic E-state index is 5.06. The van der Waals surface area contributed by atoms with Gasteiger partial charge < -0.3 is 5.32 Å². The van der Waals surface area contributed by atoms with Crippen molar-refractivity contribution >= 4 is 11.3 Å². The lowest BCUT2D eigenvalue weighted by Crippen LogP contribution is -2.43. The molecule has 2 aliphatic rings. The van der Waals surface area contributed by atoms with Gasteiger partial charge in [-0.2, -0.15) is 0 Å². The zero-order chi connectivity index (χ0) is 14.3. The average molecular weight is 298 g/mol. The number of nitrogens with one attached hydrogen (secondary N) is 1. The molecule has 0 amide bonds. The van der Waals surface area contributed by atoms with Crippen LogP contribution < -0.4 is 5.32 Å². The molecule has 2 nitrogen and oxygen atoms in total. The molecule has 1 aromatic carbocycles. The van der Waals surface area contributed by atoms with E-state index in [0.717, 1.165) is 19.4 Å². The second kappa shape index (κ2) is 5.22. The Bertz CT molecular complexity index is 610. The summed E-state index contributed by atoms with van der Waals surface area (Å²) in [6.07, 6.45) is 7.24. The Hall–Kier alpha value is -1.19. The number of rotatable bonds is 3. The maximum Gasteiger partial charge on any atom is 0.114 e. The molecule has 1 aromatic heterocycles. The van der Waals surface area contributed by atoms with Gasteiger partial charge in [0.2, 0.25) is 0 Å². The van der Waals surface area contributed by atoms with Gasteiger partial charge in [0.05, 0.1) is 11.2 Å². The highest BCUT2D eigenvalue weighted by molar-refractivity contribution is 7.11. The van der Waals surface area contributed by atoms with Gasteiger partial charge in [0.25, 0.3) is 0 Å². The predicted molar refractivity (Wildman–Crippen MR) is 88.0 cm³/mol. The molecule has 110 valence electrons. The molecule has 1 heterocycles. The van der Waals surface area contributed by atoms with E-state index in [2.05, 4.69) is 36.5 Å². The van der Waals surface area contributed by atoms with Crippen LogP contribution in [0, 0.1) is 0 Å². The lowest BCUT2D eigenvalue weighted by Gasteiger charge is -2.27. The van der Waals surface area contributed by atoms with Crippen LogP contribution in [0.5, 0.6) is 0 Å². The van der Waals surface area contributed by atoms with Crippen LogP contribution >= 0.6 is 11.3 Å². The number of fused-ring (bicyclic) bond motifs is 2. The lowest BCUT2D eigenvalue weighted by atomic mass is 9.96. The van der Waals surface area contributed by atoms with Crippen molar-refractivity contribution in [3.05, 3.63) is 51.0 Å². The molecule has 2 aromatic rings. The number of nitrogens with zero attached hydrogens (tertiary/aromatic N) is 1. The standard InChI is InChI=1S/C18H22N2S/c1-2-19-18(11-13-7-3-4-8-14(13)12-18)17-20-15-9-5-6-10-16(15)21-17/h3-4,7-8,19H,2,5-6,9-12H2,1H3. The van der Waals surface area contributed by atoms with Gasteiger partial charge >= 0.3 is 0 Å². The summed E-state index contributed by atoms with van der Waals surface area (Å²) in [5.74, 6) is 0. The third-order valence-corrected chi connectivity index (χ3v) is 6.23. The summed E-state index contributed by atoms with van der Waals surface area (Å²) >= 11 is 1.97. The summed E-state index contributed by atoms with van der Waals surface area (Å²) in [4.78, 5) is 6.61. The van der Waals surface area contributed by atoms with E-state index in [0.29, 0.717) is 0 Å². The number of thiazole rings is 1. The summed E-state index contributed by atoms with van der Waals surface area (Å²) in [5.41, 5.74) is 4.41. The summed E-state index contributed by atoms with van der Waals surface area (Å²) in [6, 6.07) is 8.88. The monoisotopic (exact) mass is 298 g/mol. The number of hydrogen-bond donors (Lipinski definition) is 1. The van der Waals surface area contributed by atoms with Crippen molar-refractivity contribution in [2.45, 2.75) is 51.0 Å². The van der Waals surface area contributed by atoms with Crippen LogP contribution in [-0.2, 0) is 31.2 Å². The van der Waals surface area contributed by atoms with Gasteiger partial charge in [-0.3, -0.25) is 0 Å². The fourth-order valence-corrected chi connectivity index (χ4v) is 5.18. The van der Waals surface area contributed by atoms with Crippen LogP contribution in [0.1, 0.15) is 46.5 Å². The summed E-state index contributed by atoms with van der Waals surface area (Å²) in [6.45, 7) is 3.20. The van der Waals surface area contributed by atoms with E-state index in [1.165, 1.54) is 47.5 Å². The van der Waals surface area contributed by atoms with Crippen LogP contribution in [-0.4, -0.2) is 11.5 Å². The molecule has 0 atom stereocenters. The highest BCUT2D eigenvalue weighted by atomic mass is 32.1. The topological polar surface area (TPSA) is 24.9 Å². The van der Waals surface area contributed by atoms with E-state index in [-0.39, 0.29) is 5.54 Å². The van der Waals surface area contributed by atoms with E-state index < -0.39 is 0 Å². The Balaban J connectivity index is 1.74. The van der Waals surface area contributed by atoms with Crippen LogP contribution in [0.15, 0.2) is 24.3 Å². The first kappa shape index (κ1) is 13.5. The first-order valence-corrected chi connectivity index (χ1v) is 8.93. The fourth-order valence-electron chi connectivity index (χ4n) is 3.86. The number of aryl methyl sites for hydroxylation is 2. The largest absolute Gasteiger partial charge is 0.305 e. The molecule has 0 aliphatic heterocycles. The maximum absolute atomic E-state index is 5.06. The van der Waals surface area contributed by atoms with Crippen molar-refractivity contribution < 1.29 is 0 Å². The Kier molecular flexibility index (Phi) is 3.35. The van der Waals surface area contributed by atoms with Gasteiger partial charge in [0.1, 0.15) is 5.01 Å². The third kappa shape index (κ3) is 2.23. The van der Waals surface area contributed by atoms with Gasteiger partial charge in [-0.15, -0.1) is 11.3 Å². The molecule has 2 aliphatic carbocycles. The van der Waals surface area contributed by atoms with Gasteiger partial charge in [0.15, 0.2) is 0 Å². The molecule has 3 heteroatoms. The molecule has 0 unspecified atom stereocenters. The molecular formula is C18H22N2S. The zero-order valence-electron chi connectivity index (χ0n) is 12.6. The third-order valence-electron chi connectivity index (χ3n) is 4.87. The Labute approximate surface area is 130 Å². The lowest BCUT2D eigenvalue weighted by molar-refractivity contribution is 0.356. The first-order chi connectivity index (χ1) is 10.3. The van der Waals surface area contributed by atoms with E-state index in [1.807, 2.05) is 11.3 Å². The minimum Gasteiger partial charge on any atom is -0.305 e. The minimum absolute atomic E-state index is 0.0421. The van der Waals surface area contributed by atoms with Crippen molar-refractivity contribution in [2.75, 3.05) is 6.54 Å². The molecule has 0 saturated carbocycles. The van der Waals surface area contributed by atoms with Crippen LogP contribution in [0.2, 0.25) is 0 Å². The number of benzene rings is 1. The van der Waals surface area contributed by atoms with E-state index in [9.17, 15) is 0 Å². The van der Waals surface area contributed by atoms with Gasteiger partial charge in [-0.25, -0.2) is 4.98 Å². The van der Waals surface area contributed by atoms with Gasteiger partial charge in [-0.1, -0.05) is 31.2 Å². The molecule has 0 spiro atoms. The second-order valence-corrected chi connectivity index (χ2v) is 7.41. The molecule has 4 rings (SSSR count). The van der Waals surface area contributed by atoms with Crippen LogP contribution in [0.4, 0.5) is 0 Å². The summed E-state index contributed by atoms with van der Waals surface area (Å²) < 4.78 is 0. The molecule has 0 radical (unpaired) electrons. The molecule has 0 saturated heterocycles. The van der Waals surface area contributed by atoms with Crippen molar-refractivity contribution in [2.24, 2.45) is 0 Å². The number of hydrogen-bond acceptors (Lipinski definition) is 3. The Morgan fingerprint density at radius 2 is 1.86 bits per heavy atom. The van der Waals surface area contributed by atoms with Crippen molar-refractivity contribution in [3.8, 4) is 0 Å². The SMILES string of the molecule is CCNC1(c2nc3c(s2)CCCC3)Cc2ccccc2C1. The molecule has 1 N–H and O–H groups in total. The van der Waals surface area contributed by atoms with Crippen molar-refractivity contribution in [1.29, 1.82) is 0 Å². The fraction of sp³-hybridized carbons (Fsp3) is 0.500. The Morgan fingerprint density at radius 3 is 2.52 bits per heavy atom.